The lowest BCUT2D eigenvalue weighted by molar-refractivity contribution is -0.137. The Balaban J connectivity index is 2.98. The van der Waals surface area contributed by atoms with Crippen LogP contribution in [0.25, 0.3) is 0 Å². The minimum absolute atomic E-state index is 0.00622. The molecule has 3 nitrogen and oxygen atoms in total. The maximum atomic E-state index is 12.6. The van der Waals surface area contributed by atoms with Crippen molar-refractivity contribution in [1.82, 2.24) is 0 Å². The molecule has 0 bridgehead atoms. The molecule has 1 aromatic carbocycles. The van der Waals surface area contributed by atoms with Crippen molar-refractivity contribution in [2.45, 2.75) is 32.0 Å². The van der Waals surface area contributed by atoms with Gasteiger partial charge in [0.05, 0.1) is 17.2 Å². The maximum absolute atomic E-state index is 12.6. The Hall–Kier alpha value is -1.74. The van der Waals surface area contributed by atoms with E-state index in [1.807, 2.05) is 6.92 Å². The number of nitriles is 1. The van der Waals surface area contributed by atoms with Crippen molar-refractivity contribution in [1.29, 1.82) is 5.26 Å². The second-order valence-electron chi connectivity index (χ2n) is 4.24. The monoisotopic (exact) mass is 271 g/mol. The molecule has 0 aliphatic rings. The summed E-state index contributed by atoms with van der Waals surface area (Å²) in [7, 11) is 0. The first-order valence-electron chi connectivity index (χ1n) is 6.00. The molecule has 0 spiro atoms. The number of benzene rings is 1. The van der Waals surface area contributed by atoms with E-state index in [0.29, 0.717) is 12.2 Å². The normalized spacial score (nSPS) is 12.8. The summed E-state index contributed by atoms with van der Waals surface area (Å²) < 4.78 is 37.9. The molecular formula is C13H16F3N3. The predicted octanol–water partition coefficient (Wildman–Crippen LogP) is 3.12. The minimum atomic E-state index is -4.51. The van der Waals surface area contributed by atoms with E-state index < -0.39 is 11.7 Å². The van der Waals surface area contributed by atoms with E-state index in [4.69, 9.17) is 11.0 Å². The van der Waals surface area contributed by atoms with Crippen molar-refractivity contribution in [2.24, 2.45) is 5.73 Å². The van der Waals surface area contributed by atoms with Gasteiger partial charge in [-0.2, -0.15) is 18.4 Å². The fourth-order valence-electron chi connectivity index (χ4n) is 1.81. The van der Waals surface area contributed by atoms with E-state index in [0.717, 1.165) is 18.9 Å². The zero-order valence-corrected chi connectivity index (χ0v) is 10.6. The topological polar surface area (TPSA) is 61.8 Å². The Labute approximate surface area is 110 Å². The van der Waals surface area contributed by atoms with E-state index in [-0.39, 0.29) is 11.6 Å². The molecule has 0 saturated carbocycles. The molecule has 6 heteroatoms. The highest BCUT2D eigenvalue weighted by molar-refractivity contribution is 5.54. The summed E-state index contributed by atoms with van der Waals surface area (Å²) in [6.45, 7) is 2.38. The van der Waals surface area contributed by atoms with Gasteiger partial charge in [0.25, 0.3) is 0 Å². The summed E-state index contributed by atoms with van der Waals surface area (Å²) >= 11 is 0. The van der Waals surface area contributed by atoms with Gasteiger partial charge in [-0.15, -0.1) is 0 Å². The van der Waals surface area contributed by atoms with Gasteiger partial charge < -0.3 is 11.1 Å². The van der Waals surface area contributed by atoms with E-state index in [2.05, 4.69) is 5.32 Å². The van der Waals surface area contributed by atoms with Crippen LogP contribution in [0.15, 0.2) is 18.2 Å². The number of hydrogen-bond acceptors (Lipinski definition) is 3. The van der Waals surface area contributed by atoms with Gasteiger partial charge in [0.1, 0.15) is 0 Å². The SMILES string of the molecule is CCCC(CN)Nc1ccc(C(F)(F)F)c(C#N)c1. The number of nitrogens with two attached hydrogens (primary N) is 1. The summed E-state index contributed by atoms with van der Waals surface area (Å²) in [5.41, 5.74) is 4.75. The lowest BCUT2D eigenvalue weighted by Gasteiger charge is -2.18. The van der Waals surface area contributed by atoms with Crippen LogP contribution < -0.4 is 11.1 Å². The summed E-state index contributed by atoms with van der Waals surface area (Å²) in [6, 6.07) is 5.02. The zero-order valence-electron chi connectivity index (χ0n) is 10.6. The third-order valence-corrected chi connectivity index (χ3v) is 2.74. The summed E-state index contributed by atoms with van der Waals surface area (Å²) in [5.74, 6) is 0. The van der Waals surface area contributed by atoms with Gasteiger partial charge in [-0.3, -0.25) is 0 Å². The van der Waals surface area contributed by atoms with Crippen molar-refractivity contribution in [3.8, 4) is 6.07 Å². The number of halogens is 3. The smallest absolute Gasteiger partial charge is 0.381 e. The highest BCUT2D eigenvalue weighted by Crippen LogP contribution is 2.33. The van der Waals surface area contributed by atoms with Crippen molar-refractivity contribution >= 4 is 5.69 Å². The molecular weight excluding hydrogens is 255 g/mol. The third kappa shape index (κ3) is 4.14. The van der Waals surface area contributed by atoms with Crippen LogP contribution in [0.2, 0.25) is 0 Å². The third-order valence-electron chi connectivity index (χ3n) is 2.74. The first-order valence-corrected chi connectivity index (χ1v) is 6.00. The molecule has 0 radical (unpaired) electrons. The minimum Gasteiger partial charge on any atom is -0.381 e. The molecule has 1 rings (SSSR count). The first kappa shape index (κ1) is 15.3. The molecule has 0 amide bonds. The Morgan fingerprint density at radius 1 is 1.42 bits per heavy atom. The molecule has 0 heterocycles. The maximum Gasteiger partial charge on any atom is 0.417 e. The molecule has 3 N–H and O–H groups in total. The van der Waals surface area contributed by atoms with Crippen LogP contribution in [0.1, 0.15) is 30.9 Å². The van der Waals surface area contributed by atoms with Gasteiger partial charge >= 0.3 is 6.18 Å². The van der Waals surface area contributed by atoms with Gasteiger partial charge in [0, 0.05) is 18.3 Å². The molecule has 19 heavy (non-hydrogen) atoms. The van der Waals surface area contributed by atoms with E-state index in [9.17, 15) is 13.2 Å². The van der Waals surface area contributed by atoms with Crippen LogP contribution in [-0.4, -0.2) is 12.6 Å². The van der Waals surface area contributed by atoms with Crippen LogP contribution in [0.4, 0.5) is 18.9 Å². The first-order chi connectivity index (χ1) is 8.92. The van der Waals surface area contributed by atoms with Gasteiger partial charge in [-0.25, -0.2) is 0 Å². The van der Waals surface area contributed by atoms with E-state index in [1.54, 1.807) is 6.07 Å². The number of nitrogens with one attached hydrogen (secondary N) is 1. The number of alkyl halides is 3. The van der Waals surface area contributed by atoms with Gasteiger partial charge in [-0.1, -0.05) is 13.3 Å². The van der Waals surface area contributed by atoms with Crippen LogP contribution >= 0.6 is 0 Å². The Bertz CT molecular complexity index is 463. The van der Waals surface area contributed by atoms with Crippen molar-refractivity contribution in [2.75, 3.05) is 11.9 Å². The predicted molar refractivity (Wildman–Crippen MR) is 67.5 cm³/mol. The molecule has 104 valence electrons. The molecule has 0 fully saturated rings. The molecule has 0 aliphatic carbocycles. The number of anilines is 1. The fraction of sp³-hybridized carbons (Fsp3) is 0.462. The second-order valence-corrected chi connectivity index (χ2v) is 4.24. The van der Waals surface area contributed by atoms with Crippen LogP contribution in [0.5, 0.6) is 0 Å². The highest BCUT2D eigenvalue weighted by atomic mass is 19.4. The molecule has 1 unspecified atom stereocenters. The lowest BCUT2D eigenvalue weighted by atomic mass is 10.1. The molecule has 0 saturated heterocycles. The summed E-state index contributed by atoms with van der Waals surface area (Å²) in [6.07, 6.45) is -2.78. The van der Waals surface area contributed by atoms with Crippen molar-refractivity contribution < 1.29 is 13.2 Å². The van der Waals surface area contributed by atoms with Gasteiger partial charge in [0.2, 0.25) is 0 Å². The fourth-order valence-corrected chi connectivity index (χ4v) is 1.81. The average Bonchev–Trinajstić information content (AvgIpc) is 2.36. The highest BCUT2D eigenvalue weighted by Gasteiger charge is 2.33. The Morgan fingerprint density at radius 2 is 2.11 bits per heavy atom. The molecule has 1 atom stereocenters. The van der Waals surface area contributed by atoms with Gasteiger partial charge in [-0.05, 0) is 24.6 Å². The van der Waals surface area contributed by atoms with Crippen molar-refractivity contribution in [3.63, 3.8) is 0 Å². The van der Waals surface area contributed by atoms with Crippen molar-refractivity contribution in [3.05, 3.63) is 29.3 Å². The largest absolute Gasteiger partial charge is 0.417 e. The Kier molecular flexibility index (Phi) is 5.19. The molecule has 0 aliphatic heterocycles. The number of hydrogen-bond donors (Lipinski definition) is 2. The zero-order chi connectivity index (χ0) is 14.5. The average molecular weight is 271 g/mol. The number of nitrogens with zero attached hydrogens (tertiary/aromatic N) is 1. The second kappa shape index (κ2) is 6.43. The van der Waals surface area contributed by atoms with E-state index >= 15 is 0 Å². The van der Waals surface area contributed by atoms with Gasteiger partial charge in [0.15, 0.2) is 0 Å². The van der Waals surface area contributed by atoms with Crippen LogP contribution in [0.3, 0.4) is 0 Å². The van der Waals surface area contributed by atoms with Crippen LogP contribution in [-0.2, 0) is 6.18 Å². The summed E-state index contributed by atoms with van der Waals surface area (Å²) in [4.78, 5) is 0. The summed E-state index contributed by atoms with van der Waals surface area (Å²) in [5, 5.41) is 11.8. The van der Waals surface area contributed by atoms with Crippen LogP contribution in [0, 0.1) is 11.3 Å². The molecule has 0 aromatic heterocycles. The number of rotatable bonds is 5. The Morgan fingerprint density at radius 3 is 2.58 bits per heavy atom. The van der Waals surface area contributed by atoms with E-state index in [1.165, 1.54) is 12.1 Å². The molecule has 1 aromatic rings. The quantitative estimate of drug-likeness (QED) is 0.865. The standard InChI is InChI=1S/C13H16F3N3/c1-2-3-11(8-18)19-10-4-5-12(13(14,15)16)9(6-10)7-17/h4-6,11,19H,2-3,8,18H2,1H3. The lowest BCUT2D eigenvalue weighted by Crippen LogP contribution is -2.28.